The van der Waals surface area contributed by atoms with Crippen molar-refractivity contribution in [2.45, 2.75) is 6.42 Å². The Bertz CT molecular complexity index is 315. The van der Waals surface area contributed by atoms with Crippen molar-refractivity contribution in [2.24, 2.45) is 0 Å². The summed E-state index contributed by atoms with van der Waals surface area (Å²) in [6.07, 6.45) is -0.174. The number of carboxylic acids is 1. The van der Waals surface area contributed by atoms with Gasteiger partial charge in [-0.1, -0.05) is 6.07 Å². The van der Waals surface area contributed by atoms with Gasteiger partial charge in [0, 0.05) is 23.8 Å². The van der Waals surface area contributed by atoms with Gasteiger partial charge >= 0.3 is 29.6 Å². The summed E-state index contributed by atoms with van der Waals surface area (Å²) >= 11 is 0. The molecule has 0 fully saturated rings. The van der Waals surface area contributed by atoms with Crippen LogP contribution in [0.4, 0.5) is 11.4 Å². The van der Waals surface area contributed by atoms with E-state index in [0.717, 1.165) is 0 Å². The number of nitrogen functional groups attached to an aromatic ring is 2. The molecule has 0 saturated carbocycles. The second-order valence-electron chi connectivity index (χ2n) is 2.51. The molecule has 1 aromatic rings. The smallest absolute Gasteiger partial charge is 0.550 e. The van der Waals surface area contributed by atoms with Crippen molar-refractivity contribution in [3.63, 3.8) is 0 Å². The minimum Gasteiger partial charge on any atom is -0.550 e. The second kappa shape index (κ2) is 5.11. The number of aliphatic carboxylic acids is 1. The number of nitrogens with two attached hydrogens (primary N) is 2. The third-order valence-electron chi connectivity index (χ3n) is 1.50. The first kappa shape index (κ1) is 12.3. The molecule has 0 unspecified atom stereocenters. The maximum Gasteiger partial charge on any atom is 1.00 e. The molecule has 0 aliphatic rings. The summed E-state index contributed by atoms with van der Waals surface area (Å²) in [6.45, 7) is 0. The average molecular weight is 188 g/mol. The predicted octanol–water partition coefficient (Wildman–Crippen LogP) is -3.85. The van der Waals surface area contributed by atoms with Crippen molar-refractivity contribution < 1.29 is 39.5 Å². The van der Waals surface area contributed by atoms with E-state index in [1.165, 1.54) is 6.07 Å². The van der Waals surface area contributed by atoms with Gasteiger partial charge in [-0.05, 0) is 17.7 Å². The largest absolute Gasteiger partial charge is 1.00 e. The van der Waals surface area contributed by atoms with Gasteiger partial charge in [0.2, 0.25) is 0 Å². The minimum atomic E-state index is -1.15. The standard InChI is InChI=1S/C8H10N2O2.Na/c9-6-2-1-5(3-8(11)12)7(10)4-6;/h1-2,4H,3,9-10H2,(H,11,12);/q;+1/p-1. The van der Waals surface area contributed by atoms with Crippen LogP contribution in [-0.4, -0.2) is 5.97 Å². The molecule has 0 atom stereocenters. The summed E-state index contributed by atoms with van der Waals surface area (Å²) in [7, 11) is 0. The summed E-state index contributed by atoms with van der Waals surface area (Å²) in [4.78, 5) is 10.2. The Morgan fingerprint density at radius 2 is 2.00 bits per heavy atom. The number of rotatable bonds is 2. The first-order valence-electron chi connectivity index (χ1n) is 3.43. The first-order chi connectivity index (χ1) is 5.59. The fourth-order valence-corrected chi connectivity index (χ4v) is 0.930. The van der Waals surface area contributed by atoms with Crippen molar-refractivity contribution in [1.82, 2.24) is 0 Å². The van der Waals surface area contributed by atoms with E-state index in [9.17, 15) is 9.90 Å². The fourth-order valence-electron chi connectivity index (χ4n) is 0.930. The van der Waals surface area contributed by atoms with E-state index in [-0.39, 0.29) is 36.0 Å². The molecule has 5 heteroatoms. The molecule has 1 rings (SSSR count). The zero-order valence-electron chi connectivity index (χ0n) is 7.41. The number of carbonyl (C=O) groups is 1. The molecule has 0 radical (unpaired) electrons. The summed E-state index contributed by atoms with van der Waals surface area (Å²) in [6, 6.07) is 4.72. The molecule has 0 amide bonds. The van der Waals surface area contributed by atoms with E-state index >= 15 is 0 Å². The number of carboxylic acid groups (broad SMARTS) is 1. The van der Waals surface area contributed by atoms with Crippen LogP contribution >= 0.6 is 0 Å². The molecule has 0 bridgehead atoms. The SMILES string of the molecule is Nc1ccc(CC(=O)[O-])c(N)c1.[Na+]. The van der Waals surface area contributed by atoms with Gasteiger partial charge in [0.15, 0.2) is 0 Å². The quantitative estimate of drug-likeness (QED) is 0.367. The van der Waals surface area contributed by atoms with Gasteiger partial charge in [0.05, 0.1) is 0 Å². The maximum atomic E-state index is 10.2. The number of anilines is 2. The van der Waals surface area contributed by atoms with Crippen molar-refractivity contribution in [3.05, 3.63) is 23.8 Å². The number of hydrogen-bond donors (Lipinski definition) is 2. The van der Waals surface area contributed by atoms with Gasteiger partial charge in [-0.25, -0.2) is 0 Å². The maximum absolute atomic E-state index is 10.2. The first-order valence-corrected chi connectivity index (χ1v) is 3.43. The van der Waals surface area contributed by atoms with Crippen LogP contribution < -0.4 is 46.1 Å². The Morgan fingerprint density at radius 3 is 2.46 bits per heavy atom. The summed E-state index contributed by atoms with van der Waals surface area (Å²) in [5.41, 5.74) is 12.4. The van der Waals surface area contributed by atoms with E-state index in [1.54, 1.807) is 12.1 Å². The van der Waals surface area contributed by atoms with Crippen LogP contribution in [0.15, 0.2) is 18.2 Å². The normalized spacial score (nSPS) is 8.92. The van der Waals surface area contributed by atoms with Crippen molar-refractivity contribution >= 4 is 17.3 Å². The van der Waals surface area contributed by atoms with Crippen LogP contribution in [0.3, 0.4) is 0 Å². The van der Waals surface area contributed by atoms with Gasteiger partial charge < -0.3 is 21.4 Å². The molecule has 4 nitrogen and oxygen atoms in total. The molecule has 13 heavy (non-hydrogen) atoms. The van der Waals surface area contributed by atoms with Crippen molar-refractivity contribution in [2.75, 3.05) is 11.5 Å². The Kier molecular flexibility index (Phi) is 4.83. The molecule has 0 saturated heterocycles. The second-order valence-corrected chi connectivity index (χ2v) is 2.51. The third kappa shape index (κ3) is 3.67. The molecule has 0 heterocycles. The number of hydrogen-bond acceptors (Lipinski definition) is 4. The molecule has 4 N–H and O–H groups in total. The zero-order valence-corrected chi connectivity index (χ0v) is 9.41. The van der Waals surface area contributed by atoms with Crippen LogP contribution in [-0.2, 0) is 11.2 Å². The number of carbonyl (C=O) groups excluding carboxylic acids is 1. The van der Waals surface area contributed by atoms with Gasteiger partial charge in [0.25, 0.3) is 0 Å². The summed E-state index contributed by atoms with van der Waals surface area (Å²) < 4.78 is 0. The Balaban J connectivity index is 0.00000144. The molecular weight excluding hydrogens is 179 g/mol. The van der Waals surface area contributed by atoms with Crippen LogP contribution in [0.2, 0.25) is 0 Å². The summed E-state index contributed by atoms with van der Waals surface area (Å²) in [5, 5.41) is 10.2. The Morgan fingerprint density at radius 1 is 1.38 bits per heavy atom. The van der Waals surface area contributed by atoms with E-state index < -0.39 is 5.97 Å². The zero-order chi connectivity index (χ0) is 9.14. The van der Waals surface area contributed by atoms with Crippen LogP contribution in [0.1, 0.15) is 5.56 Å². The topological polar surface area (TPSA) is 92.2 Å². The fraction of sp³-hybridized carbons (Fsp3) is 0.125. The van der Waals surface area contributed by atoms with Crippen LogP contribution in [0.5, 0.6) is 0 Å². The number of benzene rings is 1. The van der Waals surface area contributed by atoms with Crippen molar-refractivity contribution in [1.29, 1.82) is 0 Å². The predicted molar refractivity (Wildman–Crippen MR) is 44.0 cm³/mol. The monoisotopic (exact) mass is 188 g/mol. The van der Waals surface area contributed by atoms with Gasteiger partial charge in [-0.15, -0.1) is 0 Å². The summed E-state index contributed by atoms with van der Waals surface area (Å²) in [5.74, 6) is -1.15. The van der Waals surface area contributed by atoms with Crippen molar-refractivity contribution in [3.8, 4) is 0 Å². The molecule has 0 aliphatic heterocycles. The van der Waals surface area contributed by atoms with Gasteiger partial charge in [0.1, 0.15) is 0 Å². The van der Waals surface area contributed by atoms with Crippen LogP contribution in [0, 0.1) is 0 Å². The van der Waals surface area contributed by atoms with E-state index in [4.69, 9.17) is 11.5 Å². The molecule has 0 spiro atoms. The average Bonchev–Trinajstić information content (AvgIpc) is 1.94. The van der Waals surface area contributed by atoms with Gasteiger partial charge in [-0.3, -0.25) is 0 Å². The Hall–Kier alpha value is -0.710. The van der Waals surface area contributed by atoms with Gasteiger partial charge in [-0.2, -0.15) is 0 Å². The molecule has 1 aromatic carbocycles. The Labute approximate surface area is 98.2 Å². The van der Waals surface area contributed by atoms with E-state index in [2.05, 4.69) is 0 Å². The molecular formula is C8H9N2NaO2. The van der Waals surface area contributed by atoms with E-state index in [0.29, 0.717) is 16.9 Å². The third-order valence-corrected chi connectivity index (χ3v) is 1.50. The minimum absolute atomic E-state index is 0. The molecule has 0 aliphatic carbocycles. The van der Waals surface area contributed by atoms with Crippen LogP contribution in [0.25, 0.3) is 0 Å². The molecule has 64 valence electrons. The van der Waals surface area contributed by atoms with E-state index in [1.807, 2.05) is 0 Å². The molecule has 0 aromatic heterocycles.